The second kappa shape index (κ2) is 5.12. The van der Waals surface area contributed by atoms with E-state index in [0.29, 0.717) is 0 Å². The predicted molar refractivity (Wildman–Crippen MR) is 70.1 cm³/mol. The summed E-state index contributed by atoms with van der Waals surface area (Å²) in [5, 5.41) is 17.0. The second-order valence-corrected chi connectivity index (χ2v) is 4.74. The van der Waals surface area contributed by atoms with Crippen molar-refractivity contribution in [3.63, 3.8) is 0 Å². The lowest BCUT2D eigenvalue weighted by molar-refractivity contribution is -0.140. The highest BCUT2D eigenvalue weighted by Crippen LogP contribution is 2.38. The summed E-state index contributed by atoms with van der Waals surface area (Å²) in [6.07, 6.45) is -4.89. The molecule has 1 aromatic heterocycles. The van der Waals surface area contributed by atoms with Crippen LogP contribution in [0.25, 0.3) is 11.1 Å². The molecule has 21 heavy (non-hydrogen) atoms. The van der Waals surface area contributed by atoms with E-state index in [1.165, 1.54) is 18.2 Å². The van der Waals surface area contributed by atoms with Crippen molar-refractivity contribution in [2.75, 3.05) is 5.73 Å². The summed E-state index contributed by atoms with van der Waals surface area (Å²) in [5.74, 6) is -0.866. The number of nitrogens with two attached hydrogens (primary N) is 1. The fourth-order valence-corrected chi connectivity index (χ4v) is 2.10. The van der Waals surface area contributed by atoms with Gasteiger partial charge in [0.05, 0.1) is 15.6 Å². The number of rotatable bonds is 1. The van der Waals surface area contributed by atoms with E-state index in [0.717, 1.165) is 0 Å². The Morgan fingerprint density at radius 3 is 2.48 bits per heavy atom. The minimum atomic E-state index is -4.89. The fourth-order valence-electron chi connectivity index (χ4n) is 1.71. The Bertz CT molecular complexity index is 773. The van der Waals surface area contributed by atoms with Crippen LogP contribution in [0, 0.1) is 5.41 Å². The maximum absolute atomic E-state index is 13.1. The zero-order valence-corrected chi connectivity index (χ0v) is 11.6. The molecule has 0 fully saturated rings. The molecule has 0 amide bonds. The molecule has 1 heterocycles. The Labute approximate surface area is 125 Å². The molecule has 0 atom stereocenters. The number of benzene rings is 1. The minimum absolute atomic E-state index is 0.00278. The maximum Gasteiger partial charge on any atom is 0.434 e. The van der Waals surface area contributed by atoms with E-state index < -0.39 is 28.9 Å². The molecular weight excluding hydrogens is 332 g/mol. The Kier molecular flexibility index (Phi) is 3.77. The highest BCUT2D eigenvalue weighted by atomic mass is 35.5. The van der Waals surface area contributed by atoms with E-state index >= 15 is 0 Å². The number of anilines is 1. The van der Waals surface area contributed by atoms with E-state index in [9.17, 15) is 18.4 Å². The van der Waals surface area contributed by atoms with Gasteiger partial charge in [0.1, 0.15) is 0 Å². The first kappa shape index (κ1) is 15.5. The first-order valence-corrected chi connectivity index (χ1v) is 6.08. The summed E-state index contributed by atoms with van der Waals surface area (Å²) >= 11 is 11.6. The Hall–Kier alpha value is -1.93. The van der Waals surface area contributed by atoms with E-state index in [1.54, 1.807) is 0 Å². The van der Waals surface area contributed by atoms with E-state index in [4.69, 9.17) is 34.3 Å². The molecule has 0 unspecified atom stereocenters. The quantitative estimate of drug-likeness (QED) is 0.698. The van der Waals surface area contributed by atoms with Crippen molar-refractivity contribution in [2.45, 2.75) is 6.18 Å². The normalized spacial score (nSPS) is 11.7. The molecule has 0 saturated carbocycles. The maximum atomic E-state index is 13.1. The largest absolute Gasteiger partial charge is 0.434 e. The lowest BCUT2D eigenvalue weighted by Crippen LogP contribution is -2.29. The molecule has 0 saturated heterocycles. The van der Waals surface area contributed by atoms with Crippen LogP contribution in [-0.4, -0.2) is 14.9 Å². The van der Waals surface area contributed by atoms with Crippen LogP contribution in [0.5, 0.6) is 0 Å². The number of nitrogen functional groups attached to an aromatic ring is 1. The number of alkyl halides is 3. The van der Waals surface area contributed by atoms with Crippen molar-refractivity contribution < 1.29 is 18.4 Å². The summed E-state index contributed by atoms with van der Waals surface area (Å²) in [6, 6.07) is 3.97. The topological polar surface area (TPSA) is 87.9 Å². The summed E-state index contributed by atoms with van der Waals surface area (Å²) in [6.45, 7) is 0. The van der Waals surface area contributed by atoms with Gasteiger partial charge in [-0.25, -0.2) is 4.98 Å². The summed E-state index contributed by atoms with van der Waals surface area (Å²) in [4.78, 5) is 3.10. The molecule has 1 aromatic carbocycles. The standard InChI is InChI=1S/C11H7Cl2F3N4O/c12-5-3-1-2-4(7(5)13)6-8(11(14,15)16)19-10(18)20(21)9(6)17/h1-3,17,21H,(H2,18,19). The van der Waals surface area contributed by atoms with Crippen LogP contribution in [0.2, 0.25) is 10.0 Å². The molecule has 2 rings (SSSR count). The van der Waals surface area contributed by atoms with Crippen molar-refractivity contribution in [3.05, 3.63) is 39.4 Å². The third kappa shape index (κ3) is 2.64. The van der Waals surface area contributed by atoms with Crippen molar-refractivity contribution >= 4 is 29.2 Å². The lowest BCUT2D eigenvalue weighted by Gasteiger charge is -2.15. The molecule has 4 N–H and O–H groups in total. The van der Waals surface area contributed by atoms with Crippen molar-refractivity contribution in [1.82, 2.24) is 9.71 Å². The van der Waals surface area contributed by atoms with Crippen molar-refractivity contribution in [1.29, 1.82) is 5.41 Å². The number of nitrogens with one attached hydrogen (secondary N) is 1. The minimum Gasteiger partial charge on any atom is -0.423 e. The Balaban J connectivity index is 2.94. The molecule has 0 spiro atoms. The Morgan fingerprint density at radius 2 is 1.90 bits per heavy atom. The second-order valence-electron chi connectivity index (χ2n) is 3.95. The molecule has 10 heteroatoms. The molecule has 5 nitrogen and oxygen atoms in total. The van der Waals surface area contributed by atoms with Gasteiger partial charge in [0, 0.05) is 5.56 Å². The number of nitrogens with zero attached hydrogens (tertiary/aromatic N) is 2. The zero-order valence-electron chi connectivity index (χ0n) is 10.0. The summed E-state index contributed by atoms with van der Waals surface area (Å²) in [7, 11) is 0. The van der Waals surface area contributed by atoms with Crippen LogP contribution in [0.1, 0.15) is 5.69 Å². The molecule has 0 radical (unpaired) electrons. The first-order chi connectivity index (χ1) is 9.64. The van der Waals surface area contributed by atoms with Gasteiger partial charge in [-0.3, -0.25) is 5.41 Å². The molecule has 0 bridgehead atoms. The molecule has 112 valence electrons. The third-order valence-corrected chi connectivity index (χ3v) is 3.44. The number of aromatic nitrogens is 2. The molecule has 0 aliphatic carbocycles. The van der Waals surface area contributed by atoms with Gasteiger partial charge in [-0.15, -0.1) is 4.73 Å². The van der Waals surface area contributed by atoms with Gasteiger partial charge < -0.3 is 10.9 Å². The van der Waals surface area contributed by atoms with Crippen molar-refractivity contribution in [3.8, 4) is 11.1 Å². The number of halogens is 5. The molecule has 0 aliphatic rings. The monoisotopic (exact) mass is 338 g/mol. The van der Waals surface area contributed by atoms with Gasteiger partial charge in [0.2, 0.25) is 5.95 Å². The highest BCUT2D eigenvalue weighted by molar-refractivity contribution is 6.43. The van der Waals surface area contributed by atoms with E-state index in [-0.39, 0.29) is 20.3 Å². The van der Waals surface area contributed by atoms with Crippen LogP contribution in [0.4, 0.5) is 19.1 Å². The third-order valence-electron chi connectivity index (χ3n) is 2.62. The van der Waals surface area contributed by atoms with Gasteiger partial charge >= 0.3 is 6.18 Å². The van der Waals surface area contributed by atoms with E-state index in [1.807, 2.05) is 0 Å². The van der Waals surface area contributed by atoms with Gasteiger partial charge in [-0.2, -0.15) is 13.2 Å². The lowest BCUT2D eigenvalue weighted by atomic mass is 10.0. The van der Waals surface area contributed by atoms with Crippen LogP contribution in [0.15, 0.2) is 18.2 Å². The smallest absolute Gasteiger partial charge is 0.423 e. The fraction of sp³-hybridized carbons (Fsp3) is 0.0909. The van der Waals surface area contributed by atoms with E-state index in [2.05, 4.69) is 4.98 Å². The number of hydrogen-bond donors (Lipinski definition) is 3. The summed E-state index contributed by atoms with van der Waals surface area (Å²) < 4.78 is 39.3. The van der Waals surface area contributed by atoms with Crippen LogP contribution >= 0.6 is 23.2 Å². The zero-order chi connectivity index (χ0) is 15.9. The highest BCUT2D eigenvalue weighted by Gasteiger charge is 2.38. The average molecular weight is 339 g/mol. The summed E-state index contributed by atoms with van der Waals surface area (Å²) in [5.41, 5.74) is 1.92. The van der Waals surface area contributed by atoms with Crippen molar-refractivity contribution in [2.24, 2.45) is 0 Å². The van der Waals surface area contributed by atoms with Crippen LogP contribution in [-0.2, 0) is 6.18 Å². The average Bonchev–Trinajstić information content (AvgIpc) is 2.38. The van der Waals surface area contributed by atoms with Gasteiger partial charge in [0.25, 0.3) is 0 Å². The number of hydrogen-bond acceptors (Lipinski definition) is 4. The van der Waals surface area contributed by atoms with Crippen LogP contribution in [0.3, 0.4) is 0 Å². The van der Waals surface area contributed by atoms with Crippen LogP contribution < -0.4 is 11.2 Å². The van der Waals surface area contributed by atoms with Gasteiger partial charge in [0.15, 0.2) is 11.2 Å². The molecule has 0 aliphatic heterocycles. The van der Waals surface area contributed by atoms with Gasteiger partial charge in [-0.05, 0) is 6.07 Å². The molecule has 2 aromatic rings. The SMILES string of the molecule is N=c1c(-c2cccc(Cl)c2Cl)c(C(F)(F)F)nc(N)n1O. The molecular formula is C11H7Cl2F3N4O. The van der Waals surface area contributed by atoms with Gasteiger partial charge in [-0.1, -0.05) is 35.3 Å². The Morgan fingerprint density at radius 1 is 1.29 bits per heavy atom. The predicted octanol–water partition coefficient (Wildman–Crippen LogP) is 3.17. The first-order valence-electron chi connectivity index (χ1n) is 5.32.